The predicted octanol–water partition coefficient (Wildman–Crippen LogP) is 3.23. The number of hydrogen-bond acceptors (Lipinski definition) is 5. The van der Waals surface area contributed by atoms with Gasteiger partial charge >= 0.3 is 0 Å². The minimum atomic E-state index is -3.65. The Labute approximate surface area is 137 Å². The molecule has 0 aliphatic heterocycles. The van der Waals surface area contributed by atoms with Crippen LogP contribution in [0.1, 0.15) is 10.4 Å². The van der Waals surface area contributed by atoms with E-state index in [0.717, 1.165) is 0 Å². The highest BCUT2D eigenvalue weighted by Crippen LogP contribution is 2.22. The molecule has 1 amide bonds. The van der Waals surface area contributed by atoms with E-state index >= 15 is 0 Å². The van der Waals surface area contributed by atoms with Crippen LogP contribution in [0.25, 0.3) is 0 Å². The van der Waals surface area contributed by atoms with Crippen LogP contribution < -0.4 is 5.32 Å². The minimum Gasteiger partial charge on any atom is -0.298 e. The Morgan fingerprint density at radius 1 is 1.00 bits per heavy atom. The van der Waals surface area contributed by atoms with Crippen molar-refractivity contribution >= 4 is 32.2 Å². The van der Waals surface area contributed by atoms with Crippen molar-refractivity contribution in [3.8, 4) is 0 Å². The SMILES string of the molecule is O=C(Nc1nccs1)c1cccc(S(=O)(=O)c2ccccc2)c1. The number of aromatic nitrogens is 1. The van der Waals surface area contributed by atoms with Crippen LogP contribution in [0, 0.1) is 0 Å². The first-order valence-corrected chi connectivity index (χ1v) is 9.05. The average Bonchev–Trinajstić information content (AvgIpc) is 3.09. The van der Waals surface area contributed by atoms with Gasteiger partial charge in [0.2, 0.25) is 9.84 Å². The summed E-state index contributed by atoms with van der Waals surface area (Å²) in [6.45, 7) is 0. The quantitative estimate of drug-likeness (QED) is 0.788. The summed E-state index contributed by atoms with van der Waals surface area (Å²) in [5.74, 6) is -0.398. The summed E-state index contributed by atoms with van der Waals surface area (Å²) < 4.78 is 25.2. The summed E-state index contributed by atoms with van der Waals surface area (Å²) in [6.07, 6.45) is 1.58. The van der Waals surface area contributed by atoms with E-state index < -0.39 is 15.7 Å². The van der Waals surface area contributed by atoms with Crippen LogP contribution in [0.3, 0.4) is 0 Å². The van der Waals surface area contributed by atoms with Crippen molar-refractivity contribution in [1.82, 2.24) is 4.98 Å². The molecule has 0 atom stereocenters. The first-order valence-electron chi connectivity index (χ1n) is 6.68. The molecule has 3 aromatic rings. The normalized spacial score (nSPS) is 11.1. The van der Waals surface area contributed by atoms with Crippen LogP contribution in [-0.4, -0.2) is 19.3 Å². The second kappa shape index (κ2) is 6.31. The lowest BCUT2D eigenvalue weighted by atomic mass is 10.2. The van der Waals surface area contributed by atoms with Crippen molar-refractivity contribution in [2.45, 2.75) is 9.79 Å². The van der Waals surface area contributed by atoms with Crippen LogP contribution in [0.5, 0.6) is 0 Å². The van der Waals surface area contributed by atoms with Crippen molar-refractivity contribution in [2.75, 3.05) is 5.32 Å². The van der Waals surface area contributed by atoms with Gasteiger partial charge in [0, 0.05) is 17.1 Å². The lowest BCUT2D eigenvalue weighted by Gasteiger charge is -2.07. The van der Waals surface area contributed by atoms with Crippen molar-refractivity contribution < 1.29 is 13.2 Å². The Kier molecular flexibility index (Phi) is 4.22. The van der Waals surface area contributed by atoms with Crippen LogP contribution in [0.2, 0.25) is 0 Å². The fourth-order valence-electron chi connectivity index (χ4n) is 1.99. The summed E-state index contributed by atoms with van der Waals surface area (Å²) in [5, 5.41) is 4.84. The Morgan fingerprint density at radius 2 is 1.74 bits per heavy atom. The van der Waals surface area contributed by atoms with Gasteiger partial charge in [-0.15, -0.1) is 11.3 Å². The number of nitrogens with one attached hydrogen (secondary N) is 1. The number of carbonyl (C=O) groups excluding carboxylic acids is 1. The van der Waals surface area contributed by atoms with Crippen molar-refractivity contribution in [2.24, 2.45) is 0 Å². The van der Waals surface area contributed by atoms with E-state index in [0.29, 0.717) is 5.13 Å². The van der Waals surface area contributed by atoms with Crippen LogP contribution in [-0.2, 0) is 9.84 Å². The van der Waals surface area contributed by atoms with E-state index in [1.54, 1.807) is 41.9 Å². The monoisotopic (exact) mass is 344 g/mol. The van der Waals surface area contributed by atoms with Gasteiger partial charge in [-0.1, -0.05) is 24.3 Å². The van der Waals surface area contributed by atoms with Gasteiger partial charge in [-0.2, -0.15) is 0 Å². The number of carbonyl (C=O) groups is 1. The lowest BCUT2D eigenvalue weighted by Crippen LogP contribution is -2.12. The molecule has 0 spiro atoms. The number of hydrogen-bond donors (Lipinski definition) is 1. The van der Waals surface area contributed by atoms with Crippen LogP contribution in [0.15, 0.2) is 76.0 Å². The molecule has 1 heterocycles. The maximum Gasteiger partial charge on any atom is 0.257 e. The molecule has 0 saturated carbocycles. The summed E-state index contributed by atoms with van der Waals surface area (Å²) in [4.78, 5) is 16.4. The Morgan fingerprint density at radius 3 is 2.43 bits per heavy atom. The van der Waals surface area contributed by atoms with Crippen molar-refractivity contribution in [1.29, 1.82) is 0 Å². The third-order valence-electron chi connectivity index (χ3n) is 3.11. The van der Waals surface area contributed by atoms with Gasteiger partial charge in [0.15, 0.2) is 5.13 Å². The fourth-order valence-corrected chi connectivity index (χ4v) is 3.85. The number of anilines is 1. The molecule has 116 valence electrons. The molecule has 23 heavy (non-hydrogen) atoms. The van der Waals surface area contributed by atoms with Crippen molar-refractivity contribution in [3.63, 3.8) is 0 Å². The van der Waals surface area contributed by atoms with Gasteiger partial charge < -0.3 is 0 Å². The van der Waals surface area contributed by atoms with Gasteiger partial charge in [-0.3, -0.25) is 10.1 Å². The van der Waals surface area contributed by atoms with E-state index in [2.05, 4.69) is 10.3 Å². The molecule has 1 N–H and O–H groups in total. The number of nitrogens with zero attached hydrogens (tertiary/aromatic N) is 1. The van der Waals surface area contributed by atoms with E-state index in [-0.39, 0.29) is 15.4 Å². The maximum absolute atomic E-state index is 12.6. The summed E-state index contributed by atoms with van der Waals surface area (Å²) in [5.41, 5.74) is 0.261. The van der Waals surface area contributed by atoms with Gasteiger partial charge in [0.25, 0.3) is 5.91 Å². The summed E-state index contributed by atoms with van der Waals surface area (Å²) in [6, 6.07) is 14.1. The van der Waals surface area contributed by atoms with E-state index in [1.807, 2.05) is 0 Å². The minimum absolute atomic E-state index is 0.0792. The van der Waals surface area contributed by atoms with E-state index in [4.69, 9.17) is 0 Å². The van der Waals surface area contributed by atoms with Crippen LogP contribution >= 0.6 is 11.3 Å². The zero-order valence-electron chi connectivity index (χ0n) is 11.8. The summed E-state index contributed by atoms with van der Waals surface area (Å²) >= 11 is 1.29. The molecule has 0 aliphatic carbocycles. The highest BCUT2D eigenvalue weighted by Gasteiger charge is 2.19. The fraction of sp³-hybridized carbons (Fsp3) is 0. The standard InChI is InChI=1S/C16H12N2O3S2/c19-15(18-16-17-9-10-22-16)12-5-4-8-14(11-12)23(20,21)13-6-2-1-3-7-13/h1-11H,(H,17,18,19). The molecule has 0 aliphatic rings. The number of sulfone groups is 1. The first-order chi connectivity index (χ1) is 11.1. The maximum atomic E-state index is 12.6. The second-order valence-electron chi connectivity index (χ2n) is 4.64. The Hall–Kier alpha value is -2.51. The van der Waals surface area contributed by atoms with E-state index in [1.165, 1.54) is 35.6 Å². The molecule has 7 heteroatoms. The average molecular weight is 344 g/mol. The van der Waals surface area contributed by atoms with E-state index in [9.17, 15) is 13.2 Å². The lowest BCUT2D eigenvalue weighted by molar-refractivity contribution is 0.102. The zero-order chi connectivity index (χ0) is 16.3. The molecule has 0 saturated heterocycles. The third kappa shape index (κ3) is 3.30. The largest absolute Gasteiger partial charge is 0.298 e. The molecule has 3 rings (SSSR count). The molecule has 5 nitrogen and oxygen atoms in total. The Bertz CT molecular complexity index is 921. The third-order valence-corrected chi connectivity index (χ3v) is 5.57. The molecular formula is C16H12N2O3S2. The number of benzene rings is 2. The molecule has 0 fully saturated rings. The molecule has 0 radical (unpaired) electrons. The number of rotatable bonds is 4. The molecule has 2 aromatic carbocycles. The molecule has 0 bridgehead atoms. The van der Waals surface area contributed by atoms with Gasteiger partial charge in [-0.05, 0) is 30.3 Å². The van der Waals surface area contributed by atoms with Crippen molar-refractivity contribution in [3.05, 3.63) is 71.7 Å². The van der Waals surface area contributed by atoms with Gasteiger partial charge in [0.1, 0.15) is 0 Å². The second-order valence-corrected chi connectivity index (χ2v) is 7.48. The molecule has 0 unspecified atom stereocenters. The number of amides is 1. The highest BCUT2D eigenvalue weighted by atomic mass is 32.2. The topological polar surface area (TPSA) is 76.1 Å². The first kappa shape index (κ1) is 15.4. The molecule has 1 aromatic heterocycles. The Balaban J connectivity index is 1.92. The number of thiazole rings is 1. The van der Waals surface area contributed by atoms with Gasteiger partial charge in [-0.25, -0.2) is 13.4 Å². The molecular weight excluding hydrogens is 332 g/mol. The van der Waals surface area contributed by atoms with Crippen LogP contribution in [0.4, 0.5) is 5.13 Å². The summed E-state index contributed by atoms with van der Waals surface area (Å²) in [7, 11) is -3.65. The zero-order valence-corrected chi connectivity index (χ0v) is 13.5. The highest BCUT2D eigenvalue weighted by molar-refractivity contribution is 7.91. The van der Waals surface area contributed by atoms with Gasteiger partial charge in [0.05, 0.1) is 9.79 Å². The smallest absolute Gasteiger partial charge is 0.257 e. The predicted molar refractivity (Wildman–Crippen MR) is 88.4 cm³/mol.